The largest absolute Gasteiger partial charge is 0.385 e. The van der Waals surface area contributed by atoms with Crippen LogP contribution in [0.2, 0.25) is 0 Å². The zero-order chi connectivity index (χ0) is 12.2. The molecule has 2 unspecified atom stereocenters. The molecule has 4 nitrogen and oxygen atoms in total. The Labute approximate surface area is 96.5 Å². The Morgan fingerprint density at radius 1 is 1.62 bits per heavy atom. The number of aromatic nitrogens is 2. The lowest BCUT2D eigenvalue weighted by molar-refractivity contribution is 0.0638. The highest BCUT2D eigenvalue weighted by Gasteiger charge is 2.34. The molecule has 0 aliphatic heterocycles. The van der Waals surface area contributed by atoms with Crippen molar-refractivity contribution in [2.24, 2.45) is 5.41 Å². The average Bonchev–Trinajstić information content (AvgIpc) is 2.75. The van der Waals surface area contributed by atoms with Crippen LogP contribution in [-0.2, 0) is 6.54 Å². The normalized spacial score (nSPS) is 16.4. The van der Waals surface area contributed by atoms with Crippen molar-refractivity contribution in [1.82, 2.24) is 9.78 Å². The van der Waals surface area contributed by atoms with Crippen LogP contribution in [0.4, 0.5) is 0 Å². The molecule has 0 aromatic carbocycles. The van der Waals surface area contributed by atoms with Gasteiger partial charge in [0.1, 0.15) is 6.10 Å². The molecular formula is C12H19N3O. The van der Waals surface area contributed by atoms with E-state index in [1.165, 1.54) is 0 Å². The molecular weight excluding hydrogens is 202 g/mol. The smallest absolute Gasteiger partial charge is 0.114 e. The lowest BCUT2D eigenvalue weighted by atomic mass is 9.81. The molecule has 0 radical (unpaired) electrons. The Balaban J connectivity index is 3.00. The summed E-state index contributed by atoms with van der Waals surface area (Å²) in [6.07, 6.45) is 2.46. The van der Waals surface area contributed by atoms with Gasteiger partial charge in [0.25, 0.3) is 0 Å². The van der Waals surface area contributed by atoms with Crippen LogP contribution in [0.1, 0.15) is 45.4 Å². The van der Waals surface area contributed by atoms with Crippen LogP contribution in [0, 0.1) is 16.7 Å². The molecule has 0 amide bonds. The number of nitrogens with zero attached hydrogens (tertiary/aromatic N) is 3. The first-order chi connectivity index (χ1) is 7.59. The minimum Gasteiger partial charge on any atom is -0.385 e. The maximum Gasteiger partial charge on any atom is 0.114 e. The number of aliphatic hydroxyl groups is 1. The molecule has 16 heavy (non-hydrogen) atoms. The maximum absolute atomic E-state index is 10.3. The van der Waals surface area contributed by atoms with Crippen LogP contribution >= 0.6 is 0 Å². The summed E-state index contributed by atoms with van der Waals surface area (Å²) in [4.78, 5) is 0. The van der Waals surface area contributed by atoms with Crippen molar-refractivity contribution in [2.45, 2.75) is 46.3 Å². The summed E-state index contributed by atoms with van der Waals surface area (Å²) in [5.74, 6) is 0. The van der Waals surface area contributed by atoms with Gasteiger partial charge in [-0.15, -0.1) is 0 Å². The fourth-order valence-corrected chi connectivity index (χ4v) is 1.63. The number of aryl methyl sites for hydroxylation is 1. The molecule has 0 saturated carbocycles. The molecule has 1 heterocycles. The number of hydrogen-bond acceptors (Lipinski definition) is 3. The van der Waals surface area contributed by atoms with Gasteiger partial charge in [-0.05, 0) is 25.8 Å². The zero-order valence-electron chi connectivity index (χ0n) is 10.1. The Hall–Kier alpha value is -1.34. The van der Waals surface area contributed by atoms with Crippen LogP contribution in [0.25, 0.3) is 0 Å². The fraction of sp³-hybridized carbons (Fsp3) is 0.667. The molecule has 1 aromatic heterocycles. The van der Waals surface area contributed by atoms with Gasteiger partial charge in [0.15, 0.2) is 0 Å². The first-order valence-electron chi connectivity index (χ1n) is 5.70. The zero-order valence-corrected chi connectivity index (χ0v) is 10.1. The quantitative estimate of drug-likeness (QED) is 0.829. The van der Waals surface area contributed by atoms with E-state index in [1.807, 2.05) is 6.92 Å². The molecule has 0 spiro atoms. The van der Waals surface area contributed by atoms with Crippen molar-refractivity contribution in [3.8, 4) is 6.07 Å². The van der Waals surface area contributed by atoms with E-state index in [2.05, 4.69) is 18.1 Å². The average molecular weight is 221 g/mol. The van der Waals surface area contributed by atoms with E-state index < -0.39 is 11.5 Å². The van der Waals surface area contributed by atoms with Gasteiger partial charge in [-0.25, -0.2) is 0 Å². The van der Waals surface area contributed by atoms with E-state index in [4.69, 9.17) is 5.26 Å². The van der Waals surface area contributed by atoms with Crippen molar-refractivity contribution in [2.75, 3.05) is 0 Å². The Morgan fingerprint density at radius 3 is 2.81 bits per heavy atom. The third-order valence-electron chi connectivity index (χ3n) is 3.06. The lowest BCUT2D eigenvalue weighted by Gasteiger charge is -2.26. The van der Waals surface area contributed by atoms with Gasteiger partial charge in [-0.3, -0.25) is 4.68 Å². The van der Waals surface area contributed by atoms with Crippen LogP contribution in [0.3, 0.4) is 0 Å². The van der Waals surface area contributed by atoms with Gasteiger partial charge in [-0.2, -0.15) is 10.4 Å². The van der Waals surface area contributed by atoms with Gasteiger partial charge in [-0.1, -0.05) is 13.8 Å². The topological polar surface area (TPSA) is 61.8 Å². The van der Waals surface area contributed by atoms with E-state index in [-0.39, 0.29) is 0 Å². The maximum atomic E-state index is 10.3. The second kappa shape index (κ2) is 5.13. The molecule has 0 aliphatic rings. The van der Waals surface area contributed by atoms with Gasteiger partial charge in [0.2, 0.25) is 0 Å². The summed E-state index contributed by atoms with van der Waals surface area (Å²) in [6.45, 7) is 6.51. The number of rotatable bonds is 5. The summed E-state index contributed by atoms with van der Waals surface area (Å²) in [6, 6.07) is 3.98. The lowest BCUT2D eigenvalue weighted by Crippen LogP contribution is -2.25. The first kappa shape index (κ1) is 12.7. The first-order valence-corrected chi connectivity index (χ1v) is 5.70. The highest BCUT2D eigenvalue weighted by atomic mass is 16.3. The van der Waals surface area contributed by atoms with Crippen LogP contribution in [-0.4, -0.2) is 14.9 Å². The summed E-state index contributed by atoms with van der Waals surface area (Å²) >= 11 is 0. The minimum absolute atomic E-state index is 0.613. The number of nitriles is 1. The monoisotopic (exact) mass is 221 g/mol. The predicted molar refractivity (Wildman–Crippen MR) is 61.5 cm³/mol. The van der Waals surface area contributed by atoms with E-state index in [0.29, 0.717) is 6.42 Å². The summed E-state index contributed by atoms with van der Waals surface area (Å²) < 4.78 is 1.77. The number of hydrogen-bond donors (Lipinski definition) is 1. The molecule has 4 heteroatoms. The Kier molecular flexibility index (Phi) is 4.08. The highest BCUT2D eigenvalue weighted by Crippen LogP contribution is 2.35. The van der Waals surface area contributed by atoms with Gasteiger partial charge >= 0.3 is 0 Å². The highest BCUT2D eigenvalue weighted by molar-refractivity contribution is 5.14. The summed E-state index contributed by atoms with van der Waals surface area (Å²) in [5, 5.41) is 23.5. The second-order valence-electron chi connectivity index (χ2n) is 4.26. The fourth-order valence-electron chi connectivity index (χ4n) is 1.63. The Morgan fingerprint density at radius 2 is 2.31 bits per heavy atom. The molecule has 1 N–H and O–H groups in total. The van der Waals surface area contributed by atoms with E-state index in [0.717, 1.165) is 18.7 Å². The van der Waals surface area contributed by atoms with Crippen LogP contribution in [0.15, 0.2) is 12.3 Å². The minimum atomic E-state index is -0.781. The van der Waals surface area contributed by atoms with Gasteiger partial charge in [0, 0.05) is 12.7 Å². The van der Waals surface area contributed by atoms with Gasteiger partial charge < -0.3 is 5.11 Å². The summed E-state index contributed by atoms with van der Waals surface area (Å²) in [7, 11) is 0. The molecule has 0 bridgehead atoms. The van der Waals surface area contributed by atoms with Crippen molar-refractivity contribution >= 4 is 0 Å². The Bertz CT molecular complexity index is 380. The van der Waals surface area contributed by atoms with Crippen molar-refractivity contribution in [3.05, 3.63) is 18.0 Å². The van der Waals surface area contributed by atoms with Crippen molar-refractivity contribution in [1.29, 1.82) is 5.26 Å². The van der Waals surface area contributed by atoms with E-state index in [1.54, 1.807) is 23.9 Å². The molecule has 0 aliphatic carbocycles. The third kappa shape index (κ3) is 2.25. The van der Waals surface area contributed by atoms with Crippen molar-refractivity contribution in [3.63, 3.8) is 0 Å². The molecule has 1 rings (SSSR count). The predicted octanol–water partition coefficient (Wildman–Crippen LogP) is 2.27. The van der Waals surface area contributed by atoms with E-state index in [9.17, 15) is 5.11 Å². The second-order valence-corrected chi connectivity index (χ2v) is 4.26. The SMILES string of the molecule is CCCn1nccc1C(O)C(C)(C#N)CC. The molecule has 1 aromatic rings. The van der Waals surface area contributed by atoms with Crippen molar-refractivity contribution < 1.29 is 5.11 Å². The van der Waals surface area contributed by atoms with Gasteiger partial charge in [0.05, 0.1) is 17.2 Å². The third-order valence-corrected chi connectivity index (χ3v) is 3.06. The van der Waals surface area contributed by atoms with Crippen LogP contribution < -0.4 is 0 Å². The molecule has 2 atom stereocenters. The molecule has 0 saturated heterocycles. The summed E-state index contributed by atoms with van der Waals surface area (Å²) in [5.41, 5.74) is -0.0151. The molecule has 88 valence electrons. The number of aliphatic hydroxyl groups excluding tert-OH is 1. The standard InChI is InChI=1S/C12H19N3O/c1-4-8-15-10(6-7-14-15)11(16)12(3,5-2)9-13/h6-7,11,16H,4-5,8H2,1-3H3. The van der Waals surface area contributed by atoms with E-state index >= 15 is 0 Å². The molecule has 0 fully saturated rings. The van der Waals surface area contributed by atoms with Crippen LogP contribution in [0.5, 0.6) is 0 Å².